The molecule has 3 aromatic carbocycles. The fourth-order valence-electron chi connectivity index (χ4n) is 2.80. The Labute approximate surface area is 209 Å². The number of hydrogen-bond donors (Lipinski definition) is 3. The standard InChI is InChI=1S/C22H17F2NO8S3/c1-13(12-26)6-14-7-20(23)22(21(24)8-14)33-16-2-4-17(5-3-16)34-25-15-9-18(35(27,28)29)11-19(10-15)36(30,31)32/h2-12,25H,1H3,(H,27,28,29)(H,30,31,32)/b13-6+. The van der Waals surface area contributed by atoms with Crippen molar-refractivity contribution in [2.45, 2.75) is 21.6 Å². The number of halogens is 2. The molecule has 190 valence electrons. The summed E-state index contributed by atoms with van der Waals surface area (Å²) < 4.78 is 101. The van der Waals surface area contributed by atoms with E-state index in [2.05, 4.69) is 4.72 Å². The first-order valence-corrected chi connectivity index (χ1v) is 13.4. The van der Waals surface area contributed by atoms with Crippen LogP contribution in [0.1, 0.15) is 12.5 Å². The molecule has 36 heavy (non-hydrogen) atoms. The van der Waals surface area contributed by atoms with Crippen molar-refractivity contribution < 1.29 is 44.3 Å². The van der Waals surface area contributed by atoms with Gasteiger partial charge in [-0.1, -0.05) is 0 Å². The summed E-state index contributed by atoms with van der Waals surface area (Å²) in [7, 11) is -9.53. The first kappa shape index (κ1) is 27.3. The molecule has 0 bridgehead atoms. The van der Waals surface area contributed by atoms with Crippen LogP contribution in [0.25, 0.3) is 6.08 Å². The molecule has 3 aromatic rings. The first-order valence-electron chi connectivity index (χ1n) is 9.69. The minimum Gasteiger partial charge on any atom is -0.451 e. The summed E-state index contributed by atoms with van der Waals surface area (Å²) >= 11 is 0.902. The second kappa shape index (κ2) is 10.8. The quantitative estimate of drug-likeness (QED) is 0.143. The Balaban J connectivity index is 1.76. The van der Waals surface area contributed by atoms with Gasteiger partial charge in [0.05, 0.1) is 9.79 Å². The fraction of sp³-hybridized carbons (Fsp3) is 0.0455. The summed E-state index contributed by atoms with van der Waals surface area (Å²) in [5.41, 5.74) is 0.365. The predicted octanol–water partition coefficient (Wildman–Crippen LogP) is 4.97. The largest absolute Gasteiger partial charge is 0.451 e. The number of nitrogens with one attached hydrogen (secondary N) is 1. The third-order valence-electron chi connectivity index (χ3n) is 4.41. The van der Waals surface area contributed by atoms with Gasteiger partial charge in [-0.15, -0.1) is 0 Å². The first-order chi connectivity index (χ1) is 16.8. The molecule has 0 saturated heterocycles. The average Bonchev–Trinajstić information content (AvgIpc) is 2.79. The lowest BCUT2D eigenvalue weighted by atomic mass is 10.1. The van der Waals surface area contributed by atoms with E-state index in [1.54, 1.807) is 0 Å². The molecule has 0 saturated carbocycles. The highest BCUT2D eigenvalue weighted by atomic mass is 32.2. The van der Waals surface area contributed by atoms with Gasteiger partial charge in [0.2, 0.25) is 0 Å². The smallest absolute Gasteiger partial charge is 0.294 e. The second-order valence-corrected chi connectivity index (χ2v) is 11.0. The van der Waals surface area contributed by atoms with E-state index in [-0.39, 0.29) is 22.6 Å². The predicted molar refractivity (Wildman–Crippen MR) is 128 cm³/mol. The lowest BCUT2D eigenvalue weighted by Gasteiger charge is -2.11. The summed E-state index contributed by atoms with van der Waals surface area (Å²) in [4.78, 5) is 9.69. The number of ether oxygens (including phenoxy) is 1. The Morgan fingerprint density at radius 2 is 1.44 bits per heavy atom. The molecule has 3 rings (SSSR count). The number of anilines is 1. The van der Waals surface area contributed by atoms with Crippen LogP contribution in [0.4, 0.5) is 14.5 Å². The van der Waals surface area contributed by atoms with Gasteiger partial charge in [-0.2, -0.15) is 16.8 Å². The van der Waals surface area contributed by atoms with Gasteiger partial charge in [0.1, 0.15) is 12.0 Å². The molecule has 0 aliphatic carbocycles. The molecule has 0 radical (unpaired) electrons. The molecular formula is C22H17F2NO8S3. The van der Waals surface area contributed by atoms with Crippen LogP contribution in [0.15, 0.2) is 74.9 Å². The summed E-state index contributed by atoms with van der Waals surface area (Å²) in [6.07, 6.45) is 1.86. The van der Waals surface area contributed by atoms with Crippen LogP contribution in [-0.4, -0.2) is 32.2 Å². The van der Waals surface area contributed by atoms with E-state index in [0.29, 0.717) is 17.2 Å². The van der Waals surface area contributed by atoms with Crippen LogP contribution in [0, 0.1) is 11.6 Å². The van der Waals surface area contributed by atoms with Gasteiger partial charge in [-0.3, -0.25) is 13.9 Å². The zero-order valence-corrected chi connectivity index (χ0v) is 20.6. The van der Waals surface area contributed by atoms with Crippen LogP contribution < -0.4 is 9.46 Å². The summed E-state index contributed by atoms with van der Waals surface area (Å²) in [6, 6.07) is 10.3. The lowest BCUT2D eigenvalue weighted by molar-refractivity contribution is -0.104. The van der Waals surface area contributed by atoms with E-state index in [9.17, 15) is 39.5 Å². The van der Waals surface area contributed by atoms with Crippen molar-refractivity contribution in [2.75, 3.05) is 4.72 Å². The van der Waals surface area contributed by atoms with E-state index >= 15 is 0 Å². The van der Waals surface area contributed by atoms with Crippen LogP contribution in [0.5, 0.6) is 11.5 Å². The van der Waals surface area contributed by atoms with Crippen molar-refractivity contribution in [3.63, 3.8) is 0 Å². The van der Waals surface area contributed by atoms with Crippen molar-refractivity contribution in [1.29, 1.82) is 0 Å². The van der Waals surface area contributed by atoms with Crippen LogP contribution in [-0.2, 0) is 25.0 Å². The van der Waals surface area contributed by atoms with E-state index in [0.717, 1.165) is 36.2 Å². The van der Waals surface area contributed by atoms with Gasteiger partial charge in [-0.05, 0) is 90.7 Å². The topological polar surface area (TPSA) is 147 Å². The van der Waals surface area contributed by atoms with Gasteiger partial charge in [0, 0.05) is 10.6 Å². The van der Waals surface area contributed by atoms with E-state index in [1.807, 2.05) is 0 Å². The molecule has 0 aromatic heterocycles. The molecule has 14 heteroatoms. The molecule has 0 fully saturated rings. The molecule has 3 N–H and O–H groups in total. The SMILES string of the molecule is C/C(C=O)=C\c1cc(F)c(Oc2ccc(SNc3cc(S(=O)(=O)O)cc(S(=O)(=O)O)c3)cc2)c(F)c1. The van der Waals surface area contributed by atoms with Crippen molar-refractivity contribution in [3.05, 3.63) is 77.4 Å². The monoisotopic (exact) mass is 557 g/mol. The number of carbonyl (C=O) groups excluding carboxylic acids is 1. The Morgan fingerprint density at radius 1 is 0.917 bits per heavy atom. The molecule has 0 heterocycles. The maximum atomic E-state index is 14.4. The molecule has 0 amide bonds. The Kier molecular flexibility index (Phi) is 8.15. The third-order valence-corrected chi connectivity index (χ3v) is 6.92. The van der Waals surface area contributed by atoms with E-state index in [1.165, 1.54) is 37.3 Å². The number of allylic oxidation sites excluding steroid dienone is 1. The van der Waals surface area contributed by atoms with Crippen LogP contribution >= 0.6 is 11.9 Å². The summed E-state index contributed by atoms with van der Waals surface area (Å²) in [5.74, 6) is -2.51. The van der Waals surface area contributed by atoms with Crippen LogP contribution in [0.3, 0.4) is 0 Å². The van der Waals surface area contributed by atoms with Crippen molar-refractivity contribution >= 4 is 50.2 Å². The van der Waals surface area contributed by atoms with Gasteiger partial charge >= 0.3 is 0 Å². The number of rotatable bonds is 9. The van der Waals surface area contributed by atoms with Gasteiger partial charge in [0.15, 0.2) is 17.4 Å². The van der Waals surface area contributed by atoms with Gasteiger partial charge in [0.25, 0.3) is 20.2 Å². The van der Waals surface area contributed by atoms with Gasteiger partial charge < -0.3 is 9.46 Å². The van der Waals surface area contributed by atoms with Crippen LogP contribution in [0.2, 0.25) is 0 Å². The minimum atomic E-state index is -4.76. The van der Waals surface area contributed by atoms with Crippen molar-refractivity contribution in [2.24, 2.45) is 0 Å². The minimum absolute atomic E-state index is 0.0637. The number of benzene rings is 3. The Bertz CT molecular complexity index is 1480. The molecule has 0 unspecified atom stereocenters. The summed E-state index contributed by atoms with van der Waals surface area (Å²) in [6.45, 7) is 1.49. The molecule has 9 nitrogen and oxygen atoms in total. The van der Waals surface area contributed by atoms with E-state index < -0.39 is 47.4 Å². The van der Waals surface area contributed by atoms with Gasteiger partial charge in [-0.25, -0.2) is 8.78 Å². The number of aldehydes is 1. The fourth-order valence-corrected chi connectivity index (χ4v) is 4.60. The molecular weight excluding hydrogens is 540 g/mol. The lowest BCUT2D eigenvalue weighted by Crippen LogP contribution is -2.04. The molecule has 0 spiro atoms. The highest BCUT2D eigenvalue weighted by Gasteiger charge is 2.18. The normalized spacial score (nSPS) is 12.3. The summed E-state index contributed by atoms with van der Waals surface area (Å²) in [5, 5.41) is 0. The average molecular weight is 558 g/mol. The highest BCUT2D eigenvalue weighted by Crippen LogP contribution is 2.31. The molecule has 0 aliphatic rings. The highest BCUT2D eigenvalue weighted by molar-refractivity contribution is 8.00. The zero-order chi connectivity index (χ0) is 26.7. The Hall–Kier alpha value is -3.30. The Morgan fingerprint density at radius 3 is 1.92 bits per heavy atom. The second-order valence-electron chi connectivity index (χ2n) is 7.24. The molecule has 0 aliphatic heterocycles. The maximum absolute atomic E-state index is 14.4. The maximum Gasteiger partial charge on any atom is 0.294 e. The molecule has 0 atom stereocenters. The number of carbonyl (C=O) groups is 1. The van der Waals surface area contributed by atoms with Crippen molar-refractivity contribution in [1.82, 2.24) is 0 Å². The van der Waals surface area contributed by atoms with Crippen molar-refractivity contribution in [3.8, 4) is 11.5 Å². The number of hydrogen-bond acceptors (Lipinski definition) is 8. The third kappa shape index (κ3) is 7.11. The van der Waals surface area contributed by atoms with E-state index in [4.69, 9.17) is 4.74 Å². The zero-order valence-electron chi connectivity index (χ0n) is 18.2.